The molecule has 1 unspecified atom stereocenters. The highest BCUT2D eigenvalue weighted by atomic mass is 16.1. The molecule has 1 rings (SSSR count). The number of pyridine rings is 1. The molecule has 0 aliphatic rings. The summed E-state index contributed by atoms with van der Waals surface area (Å²) in [4.78, 5) is 14.7. The minimum atomic E-state index is -0.151. The van der Waals surface area contributed by atoms with Crippen molar-refractivity contribution in [3.8, 4) is 0 Å². The Labute approximate surface area is 115 Å². The van der Waals surface area contributed by atoms with E-state index in [1.54, 1.807) is 0 Å². The molecule has 19 heavy (non-hydrogen) atoms. The van der Waals surface area contributed by atoms with E-state index < -0.39 is 0 Å². The average Bonchev–Trinajstić information content (AvgIpc) is 2.38. The van der Waals surface area contributed by atoms with Gasteiger partial charge in [-0.2, -0.15) is 0 Å². The minimum Gasteiger partial charge on any atom is -0.380 e. The summed E-state index contributed by atoms with van der Waals surface area (Å²) < 4.78 is 0. The van der Waals surface area contributed by atoms with Crippen molar-refractivity contribution in [2.75, 3.05) is 11.9 Å². The van der Waals surface area contributed by atoms with Crippen LogP contribution in [-0.2, 0) is 4.79 Å². The molecular weight excluding hydrogens is 238 g/mol. The molecular formula is C15H23N3O. The first-order chi connectivity index (χ1) is 9.11. The highest BCUT2D eigenvalue weighted by Crippen LogP contribution is 2.07. The second-order valence-corrected chi connectivity index (χ2v) is 4.77. The van der Waals surface area contributed by atoms with E-state index >= 15 is 0 Å². The summed E-state index contributed by atoms with van der Waals surface area (Å²) in [5.41, 5.74) is 2.13. The lowest BCUT2D eigenvalue weighted by molar-refractivity contribution is -0.109. The first-order valence-corrected chi connectivity index (χ1v) is 6.68. The summed E-state index contributed by atoms with van der Waals surface area (Å²) in [6.45, 7) is 8.68. The zero-order valence-electron chi connectivity index (χ0n) is 11.8. The van der Waals surface area contributed by atoms with E-state index in [2.05, 4.69) is 29.1 Å². The van der Waals surface area contributed by atoms with E-state index in [0.29, 0.717) is 0 Å². The van der Waals surface area contributed by atoms with Crippen molar-refractivity contribution in [2.24, 2.45) is 0 Å². The van der Waals surface area contributed by atoms with Crippen molar-refractivity contribution < 1.29 is 4.79 Å². The zero-order chi connectivity index (χ0) is 14.1. The normalized spacial score (nSPS) is 11.7. The predicted molar refractivity (Wildman–Crippen MR) is 79.1 cm³/mol. The zero-order valence-corrected chi connectivity index (χ0v) is 11.8. The van der Waals surface area contributed by atoms with Gasteiger partial charge < -0.3 is 15.4 Å². The molecule has 4 nitrogen and oxygen atoms in total. The predicted octanol–water partition coefficient (Wildman–Crippen LogP) is 2.66. The first-order valence-electron chi connectivity index (χ1n) is 6.68. The number of rotatable bonds is 9. The van der Waals surface area contributed by atoms with E-state index in [1.165, 1.54) is 5.56 Å². The maximum atomic E-state index is 10.5. The Balaban J connectivity index is 2.11. The van der Waals surface area contributed by atoms with Crippen LogP contribution in [0.25, 0.3) is 0 Å². The molecule has 1 atom stereocenters. The van der Waals surface area contributed by atoms with Crippen LogP contribution in [0.15, 0.2) is 30.6 Å². The van der Waals surface area contributed by atoms with Gasteiger partial charge in [-0.25, -0.2) is 4.98 Å². The van der Waals surface area contributed by atoms with Gasteiger partial charge in [0, 0.05) is 18.4 Å². The van der Waals surface area contributed by atoms with Crippen LogP contribution in [0, 0.1) is 6.92 Å². The summed E-state index contributed by atoms with van der Waals surface area (Å²) in [7, 11) is 0. The Morgan fingerprint density at radius 3 is 3.00 bits per heavy atom. The lowest BCUT2D eigenvalue weighted by Crippen LogP contribution is -2.25. The fraction of sp³-hybridized carbons (Fsp3) is 0.467. The van der Waals surface area contributed by atoms with Crippen molar-refractivity contribution in [1.29, 1.82) is 0 Å². The molecule has 0 fully saturated rings. The number of nitrogens with one attached hydrogen (secondary N) is 2. The molecule has 0 saturated carbocycles. The molecule has 0 bridgehead atoms. The van der Waals surface area contributed by atoms with Crippen LogP contribution in [-0.4, -0.2) is 23.9 Å². The summed E-state index contributed by atoms with van der Waals surface area (Å²) in [5.74, 6) is 0.923. The van der Waals surface area contributed by atoms with Gasteiger partial charge in [0.2, 0.25) is 0 Å². The molecule has 2 N–H and O–H groups in total. The molecule has 0 radical (unpaired) electrons. The summed E-state index contributed by atoms with van der Waals surface area (Å²) in [5, 5.41) is 6.34. The van der Waals surface area contributed by atoms with Gasteiger partial charge >= 0.3 is 0 Å². The number of carbonyl (C=O) groups is 1. The maximum Gasteiger partial charge on any atom is 0.141 e. The van der Waals surface area contributed by atoms with Gasteiger partial charge in [0.25, 0.3) is 0 Å². The maximum absolute atomic E-state index is 10.5. The van der Waals surface area contributed by atoms with Crippen molar-refractivity contribution in [3.63, 3.8) is 0 Å². The number of carbonyl (C=O) groups excluding carboxylic acids is 1. The third-order valence-electron chi connectivity index (χ3n) is 2.76. The quantitative estimate of drug-likeness (QED) is 0.530. The molecule has 104 valence electrons. The SMILES string of the molecule is C=C(CCCCNc1cc(C)ccn1)NC(C)C=O. The second kappa shape index (κ2) is 8.29. The van der Waals surface area contributed by atoms with E-state index in [-0.39, 0.29) is 6.04 Å². The molecule has 0 aromatic carbocycles. The van der Waals surface area contributed by atoms with Crippen molar-refractivity contribution >= 4 is 12.1 Å². The molecule has 1 heterocycles. The number of allylic oxidation sites excluding steroid dienone is 1. The van der Waals surface area contributed by atoms with Gasteiger partial charge in [0.05, 0.1) is 6.04 Å². The summed E-state index contributed by atoms with van der Waals surface area (Å²) in [6.07, 6.45) is 5.67. The van der Waals surface area contributed by atoms with E-state index in [0.717, 1.165) is 43.6 Å². The Hall–Kier alpha value is -1.84. The number of hydrogen-bond acceptors (Lipinski definition) is 4. The highest BCUT2D eigenvalue weighted by Gasteiger charge is 2.00. The van der Waals surface area contributed by atoms with E-state index in [1.807, 2.05) is 25.3 Å². The minimum absolute atomic E-state index is 0.151. The molecule has 0 saturated heterocycles. The number of aryl methyl sites for hydroxylation is 1. The third-order valence-corrected chi connectivity index (χ3v) is 2.76. The lowest BCUT2D eigenvalue weighted by atomic mass is 10.2. The lowest BCUT2D eigenvalue weighted by Gasteiger charge is -2.12. The van der Waals surface area contributed by atoms with Crippen LogP contribution in [0.5, 0.6) is 0 Å². The number of aromatic nitrogens is 1. The fourth-order valence-corrected chi connectivity index (χ4v) is 1.74. The molecule has 0 amide bonds. The number of nitrogens with zero attached hydrogens (tertiary/aromatic N) is 1. The van der Waals surface area contributed by atoms with Gasteiger partial charge in [-0.05, 0) is 50.8 Å². The number of unbranched alkanes of at least 4 members (excludes halogenated alkanes) is 1. The molecule has 1 aromatic heterocycles. The number of aldehydes is 1. The molecule has 4 heteroatoms. The third kappa shape index (κ3) is 6.60. The largest absolute Gasteiger partial charge is 0.380 e. The van der Waals surface area contributed by atoms with Gasteiger partial charge in [0.15, 0.2) is 0 Å². The monoisotopic (exact) mass is 261 g/mol. The molecule has 0 spiro atoms. The number of anilines is 1. The van der Waals surface area contributed by atoms with Gasteiger partial charge in [-0.1, -0.05) is 6.58 Å². The van der Waals surface area contributed by atoms with Crippen molar-refractivity contribution in [2.45, 2.75) is 39.2 Å². The van der Waals surface area contributed by atoms with Gasteiger partial charge in [0.1, 0.15) is 12.1 Å². The molecule has 0 aliphatic carbocycles. The Morgan fingerprint density at radius 2 is 2.32 bits per heavy atom. The van der Waals surface area contributed by atoms with Crippen LogP contribution in [0.4, 0.5) is 5.82 Å². The van der Waals surface area contributed by atoms with Crippen LogP contribution in [0.1, 0.15) is 31.7 Å². The van der Waals surface area contributed by atoms with Crippen LogP contribution < -0.4 is 10.6 Å². The Bertz CT molecular complexity index is 418. The van der Waals surface area contributed by atoms with Crippen molar-refractivity contribution in [1.82, 2.24) is 10.3 Å². The van der Waals surface area contributed by atoms with Crippen molar-refractivity contribution in [3.05, 3.63) is 36.2 Å². The van der Waals surface area contributed by atoms with E-state index in [9.17, 15) is 4.79 Å². The van der Waals surface area contributed by atoms with Crippen LogP contribution in [0.2, 0.25) is 0 Å². The number of hydrogen-bond donors (Lipinski definition) is 2. The summed E-state index contributed by atoms with van der Waals surface area (Å²) >= 11 is 0. The Kier molecular flexibility index (Phi) is 6.64. The topological polar surface area (TPSA) is 54.0 Å². The van der Waals surface area contributed by atoms with Gasteiger partial charge in [-0.3, -0.25) is 0 Å². The second-order valence-electron chi connectivity index (χ2n) is 4.77. The standard InChI is InChI=1S/C15H23N3O/c1-12-7-9-17-15(10-12)16-8-5-4-6-13(2)18-14(3)11-19/h7,9-11,14,18H,2,4-6,8H2,1,3H3,(H,16,17). The van der Waals surface area contributed by atoms with E-state index in [4.69, 9.17) is 0 Å². The summed E-state index contributed by atoms with van der Waals surface area (Å²) in [6, 6.07) is 3.86. The fourth-order valence-electron chi connectivity index (χ4n) is 1.74. The highest BCUT2D eigenvalue weighted by molar-refractivity contribution is 5.57. The first kappa shape index (κ1) is 15.2. The Morgan fingerprint density at radius 1 is 1.53 bits per heavy atom. The smallest absolute Gasteiger partial charge is 0.141 e. The molecule has 0 aliphatic heterocycles. The molecule has 1 aromatic rings. The van der Waals surface area contributed by atoms with Crippen LogP contribution in [0.3, 0.4) is 0 Å². The van der Waals surface area contributed by atoms with Crippen LogP contribution >= 0.6 is 0 Å². The van der Waals surface area contributed by atoms with Gasteiger partial charge in [-0.15, -0.1) is 0 Å². The average molecular weight is 261 g/mol.